The van der Waals surface area contributed by atoms with Gasteiger partial charge in [0.15, 0.2) is 5.16 Å². The Morgan fingerprint density at radius 2 is 2.00 bits per heavy atom. The second kappa shape index (κ2) is 9.20. The van der Waals surface area contributed by atoms with Crippen LogP contribution in [0.3, 0.4) is 0 Å². The van der Waals surface area contributed by atoms with E-state index in [0.717, 1.165) is 55.2 Å². The third-order valence-electron chi connectivity index (χ3n) is 6.48. The quantitative estimate of drug-likeness (QED) is 0.349. The van der Waals surface area contributed by atoms with E-state index in [-0.39, 0.29) is 23.3 Å². The van der Waals surface area contributed by atoms with Gasteiger partial charge in [-0.15, -0.1) is 11.3 Å². The molecular formula is C24H26ClN3O2S2. The molecule has 3 aromatic rings. The normalized spacial score (nSPS) is 18.8. The van der Waals surface area contributed by atoms with Crippen LogP contribution in [0.1, 0.15) is 55.5 Å². The molecule has 1 fully saturated rings. The zero-order valence-corrected chi connectivity index (χ0v) is 20.4. The fourth-order valence-electron chi connectivity index (χ4n) is 4.83. The molecule has 168 valence electrons. The Morgan fingerprint density at radius 1 is 1.25 bits per heavy atom. The van der Waals surface area contributed by atoms with Gasteiger partial charge < -0.3 is 5.32 Å². The maximum Gasteiger partial charge on any atom is 0.263 e. The lowest BCUT2D eigenvalue weighted by Crippen LogP contribution is -2.27. The highest BCUT2D eigenvalue weighted by molar-refractivity contribution is 7.99. The lowest BCUT2D eigenvalue weighted by atomic mass is 9.89. The Hall–Kier alpha value is -1.83. The number of hydrogen-bond acceptors (Lipinski definition) is 5. The largest absolute Gasteiger partial charge is 0.325 e. The molecule has 1 N–H and O–H groups in total. The van der Waals surface area contributed by atoms with Crippen LogP contribution in [-0.2, 0) is 17.6 Å². The van der Waals surface area contributed by atoms with Gasteiger partial charge in [-0.05, 0) is 67.9 Å². The monoisotopic (exact) mass is 487 g/mol. The summed E-state index contributed by atoms with van der Waals surface area (Å²) in [7, 11) is 0. The van der Waals surface area contributed by atoms with Crippen molar-refractivity contribution in [3.05, 3.63) is 50.1 Å². The first kappa shape index (κ1) is 22.0. The molecule has 0 bridgehead atoms. The minimum absolute atomic E-state index is 0.0922. The molecule has 32 heavy (non-hydrogen) atoms. The van der Waals surface area contributed by atoms with Gasteiger partial charge in [0.05, 0.1) is 11.1 Å². The number of halogens is 1. The zero-order valence-electron chi connectivity index (χ0n) is 18.0. The summed E-state index contributed by atoms with van der Waals surface area (Å²) in [6.07, 6.45) is 7.40. The number of fused-ring (bicyclic) bond motifs is 3. The van der Waals surface area contributed by atoms with Gasteiger partial charge in [0.25, 0.3) is 5.56 Å². The summed E-state index contributed by atoms with van der Waals surface area (Å²) in [5.41, 5.74) is 2.02. The van der Waals surface area contributed by atoms with Crippen molar-refractivity contribution < 1.29 is 4.79 Å². The smallest absolute Gasteiger partial charge is 0.263 e. The SMILES string of the molecule is CC1CCc2c(sc3nc(SCC(=O)Nc4ccc(Cl)cc4)n(C4CCCC4)c(=O)c23)C1. The fraction of sp³-hybridized carbons (Fsp3) is 0.458. The summed E-state index contributed by atoms with van der Waals surface area (Å²) in [5.74, 6) is 0.733. The van der Waals surface area contributed by atoms with Gasteiger partial charge in [0, 0.05) is 21.6 Å². The van der Waals surface area contributed by atoms with Crippen LogP contribution in [0.2, 0.25) is 5.02 Å². The fourth-order valence-corrected chi connectivity index (χ4v) is 7.25. The van der Waals surface area contributed by atoms with Crippen LogP contribution in [0, 0.1) is 5.92 Å². The molecule has 0 saturated heterocycles. The number of nitrogens with one attached hydrogen (secondary N) is 1. The first-order valence-electron chi connectivity index (χ1n) is 11.2. The maximum atomic E-state index is 13.7. The number of thiophene rings is 1. The van der Waals surface area contributed by atoms with Crippen LogP contribution in [-0.4, -0.2) is 21.2 Å². The van der Waals surface area contributed by atoms with Crippen molar-refractivity contribution in [1.29, 1.82) is 0 Å². The van der Waals surface area contributed by atoms with Crippen molar-refractivity contribution in [1.82, 2.24) is 9.55 Å². The molecule has 0 radical (unpaired) electrons. The van der Waals surface area contributed by atoms with E-state index in [1.165, 1.54) is 22.2 Å². The standard InChI is InChI=1S/C24H26ClN3O2S2/c1-14-6-11-18-19(12-14)32-22-21(18)23(30)28(17-4-2-3-5-17)24(27-22)31-13-20(29)26-16-9-7-15(25)8-10-16/h7-10,14,17H,2-6,11-13H2,1H3,(H,26,29). The van der Waals surface area contributed by atoms with Crippen LogP contribution in [0.25, 0.3) is 10.2 Å². The first-order chi connectivity index (χ1) is 15.5. The number of carbonyl (C=O) groups is 1. The summed E-state index contributed by atoms with van der Waals surface area (Å²) in [6, 6.07) is 7.23. The number of amides is 1. The van der Waals surface area contributed by atoms with Crippen LogP contribution in [0.5, 0.6) is 0 Å². The average Bonchev–Trinajstić information content (AvgIpc) is 3.41. The molecule has 2 aliphatic carbocycles. The van der Waals surface area contributed by atoms with Gasteiger partial charge in [0.1, 0.15) is 4.83 Å². The van der Waals surface area contributed by atoms with E-state index in [0.29, 0.717) is 21.8 Å². The predicted molar refractivity (Wildman–Crippen MR) is 133 cm³/mol. The summed E-state index contributed by atoms with van der Waals surface area (Å²) in [6.45, 7) is 2.28. The van der Waals surface area contributed by atoms with E-state index in [9.17, 15) is 9.59 Å². The molecule has 2 heterocycles. The summed E-state index contributed by atoms with van der Waals surface area (Å²) < 4.78 is 1.90. The second-order valence-electron chi connectivity index (χ2n) is 8.88. The van der Waals surface area contributed by atoms with Crippen LogP contribution in [0.15, 0.2) is 34.2 Å². The van der Waals surface area contributed by atoms with E-state index >= 15 is 0 Å². The Bertz CT molecular complexity index is 1210. The van der Waals surface area contributed by atoms with Gasteiger partial charge in [0.2, 0.25) is 5.91 Å². The van der Waals surface area contributed by atoms with Crippen LogP contribution in [0.4, 0.5) is 5.69 Å². The van der Waals surface area contributed by atoms with Crippen molar-refractivity contribution in [3.63, 3.8) is 0 Å². The number of benzene rings is 1. The number of carbonyl (C=O) groups excluding carboxylic acids is 1. The lowest BCUT2D eigenvalue weighted by molar-refractivity contribution is -0.113. The molecule has 0 spiro atoms. The van der Waals surface area contributed by atoms with Gasteiger partial charge in [-0.25, -0.2) is 4.98 Å². The molecule has 5 nitrogen and oxygen atoms in total. The molecule has 5 rings (SSSR count). The molecular weight excluding hydrogens is 462 g/mol. The van der Waals surface area contributed by atoms with Crippen LogP contribution >= 0.6 is 34.7 Å². The molecule has 2 aromatic heterocycles. The molecule has 0 aliphatic heterocycles. The predicted octanol–water partition coefficient (Wildman–Crippen LogP) is 6.08. The maximum absolute atomic E-state index is 13.7. The average molecular weight is 488 g/mol. The minimum atomic E-state index is -0.121. The summed E-state index contributed by atoms with van der Waals surface area (Å²) in [5, 5.41) is 5.03. The highest BCUT2D eigenvalue weighted by atomic mass is 35.5. The zero-order chi connectivity index (χ0) is 22.2. The Labute approximate surface area is 200 Å². The molecule has 1 aromatic carbocycles. The van der Waals surface area contributed by atoms with E-state index in [1.54, 1.807) is 35.6 Å². The summed E-state index contributed by atoms with van der Waals surface area (Å²) in [4.78, 5) is 33.4. The van der Waals surface area contributed by atoms with E-state index < -0.39 is 0 Å². The number of aryl methyl sites for hydroxylation is 1. The number of nitrogens with zero attached hydrogens (tertiary/aromatic N) is 2. The molecule has 1 unspecified atom stereocenters. The third kappa shape index (κ3) is 4.35. The van der Waals surface area contributed by atoms with Gasteiger partial charge in [-0.3, -0.25) is 14.2 Å². The van der Waals surface area contributed by atoms with Gasteiger partial charge in [-0.2, -0.15) is 0 Å². The molecule has 1 amide bonds. The van der Waals surface area contributed by atoms with E-state index in [1.807, 2.05) is 4.57 Å². The molecule has 1 saturated carbocycles. The highest BCUT2D eigenvalue weighted by Gasteiger charge is 2.28. The van der Waals surface area contributed by atoms with Crippen molar-refractivity contribution in [2.75, 3.05) is 11.1 Å². The van der Waals surface area contributed by atoms with Crippen molar-refractivity contribution in [3.8, 4) is 0 Å². The number of rotatable bonds is 5. The second-order valence-corrected chi connectivity index (χ2v) is 11.3. The van der Waals surface area contributed by atoms with Crippen molar-refractivity contribution in [2.24, 2.45) is 5.92 Å². The topological polar surface area (TPSA) is 64.0 Å². The first-order valence-corrected chi connectivity index (χ1v) is 13.4. The minimum Gasteiger partial charge on any atom is -0.325 e. The summed E-state index contributed by atoms with van der Waals surface area (Å²) >= 11 is 8.95. The molecule has 8 heteroatoms. The Kier molecular flexibility index (Phi) is 6.32. The molecule has 1 atom stereocenters. The number of aromatic nitrogens is 2. The number of anilines is 1. The van der Waals surface area contributed by atoms with Gasteiger partial charge >= 0.3 is 0 Å². The van der Waals surface area contributed by atoms with E-state index in [2.05, 4.69) is 12.2 Å². The molecule has 2 aliphatic rings. The number of thioether (sulfide) groups is 1. The Balaban J connectivity index is 1.45. The third-order valence-corrected chi connectivity index (χ3v) is 8.83. The van der Waals surface area contributed by atoms with Crippen molar-refractivity contribution in [2.45, 2.75) is 63.1 Å². The Morgan fingerprint density at radius 3 is 2.75 bits per heavy atom. The van der Waals surface area contributed by atoms with E-state index in [4.69, 9.17) is 16.6 Å². The van der Waals surface area contributed by atoms with Crippen molar-refractivity contribution >= 4 is 56.5 Å². The highest BCUT2D eigenvalue weighted by Crippen LogP contribution is 2.38. The lowest BCUT2D eigenvalue weighted by Gasteiger charge is -2.19. The van der Waals surface area contributed by atoms with Crippen LogP contribution < -0.4 is 10.9 Å². The number of hydrogen-bond donors (Lipinski definition) is 1. The van der Waals surface area contributed by atoms with Gasteiger partial charge in [-0.1, -0.05) is 43.1 Å².